The number of carbonyl (C=O) groups excluding carboxylic acids is 1. The van der Waals surface area contributed by atoms with Gasteiger partial charge in [0, 0.05) is 35.5 Å². The Morgan fingerprint density at radius 3 is 2.65 bits per heavy atom. The van der Waals surface area contributed by atoms with Gasteiger partial charge in [0.05, 0.1) is 18.2 Å². The highest BCUT2D eigenvalue weighted by Crippen LogP contribution is 2.29. The molecule has 0 saturated heterocycles. The second-order valence-electron chi connectivity index (χ2n) is 6.84. The molecule has 0 saturated carbocycles. The smallest absolute Gasteiger partial charge is 0.253 e. The summed E-state index contributed by atoms with van der Waals surface area (Å²) in [6.45, 7) is 0.727. The molecule has 7 heteroatoms. The van der Waals surface area contributed by atoms with E-state index in [4.69, 9.17) is 21.1 Å². The van der Waals surface area contributed by atoms with Gasteiger partial charge in [-0.25, -0.2) is 0 Å². The summed E-state index contributed by atoms with van der Waals surface area (Å²) in [5.74, 6) is 0.971. The molecule has 2 heterocycles. The van der Waals surface area contributed by atoms with Crippen molar-refractivity contribution in [2.45, 2.75) is 13.2 Å². The largest absolute Gasteiger partial charge is 0.493 e. The minimum atomic E-state index is -0.247. The lowest BCUT2D eigenvalue weighted by atomic mass is 10.1. The van der Waals surface area contributed by atoms with Gasteiger partial charge < -0.3 is 14.8 Å². The van der Waals surface area contributed by atoms with Crippen LogP contribution >= 0.6 is 11.6 Å². The summed E-state index contributed by atoms with van der Waals surface area (Å²) in [5, 5.41) is 4.23. The van der Waals surface area contributed by atoms with E-state index in [-0.39, 0.29) is 5.91 Å². The van der Waals surface area contributed by atoms with E-state index < -0.39 is 0 Å². The number of amides is 1. The molecule has 0 bridgehead atoms. The Hall–Kier alpha value is -3.64. The molecule has 0 atom stereocenters. The molecule has 2 aromatic carbocycles. The predicted octanol–water partition coefficient (Wildman–Crippen LogP) is 4.80. The normalized spacial score (nSPS) is 10.6. The first-order chi connectivity index (χ1) is 15.1. The number of hydrogen-bond donors (Lipinski definition) is 1. The third kappa shape index (κ3) is 4.92. The molecule has 0 fully saturated rings. The van der Waals surface area contributed by atoms with Gasteiger partial charge >= 0.3 is 0 Å². The Morgan fingerprint density at radius 2 is 1.84 bits per heavy atom. The van der Waals surface area contributed by atoms with E-state index in [0.717, 1.165) is 16.5 Å². The van der Waals surface area contributed by atoms with Gasteiger partial charge in [-0.2, -0.15) is 0 Å². The third-order valence-electron chi connectivity index (χ3n) is 4.74. The van der Waals surface area contributed by atoms with Crippen molar-refractivity contribution in [2.75, 3.05) is 7.11 Å². The van der Waals surface area contributed by atoms with Crippen LogP contribution in [0.1, 0.15) is 21.5 Å². The maximum Gasteiger partial charge on any atom is 0.253 e. The number of ether oxygens (including phenoxy) is 2. The third-order valence-corrected chi connectivity index (χ3v) is 4.96. The minimum Gasteiger partial charge on any atom is -0.493 e. The van der Waals surface area contributed by atoms with E-state index in [9.17, 15) is 4.79 Å². The molecule has 1 amide bonds. The molecule has 4 rings (SSSR count). The number of hydrogen-bond acceptors (Lipinski definition) is 5. The summed E-state index contributed by atoms with van der Waals surface area (Å²) < 4.78 is 11.3. The van der Waals surface area contributed by atoms with E-state index >= 15 is 0 Å². The average molecular weight is 434 g/mol. The van der Waals surface area contributed by atoms with Crippen molar-refractivity contribution in [1.29, 1.82) is 0 Å². The lowest BCUT2D eigenvalue weighted by Gasteiger charge is -2.13. The van der Waals surface area contributed by atoms with Crippen molar-refractivity contribution in [1.82, 2.24) is 15.3 Å². The SMILES string of the molecule is COc1cc(CNC(=O)c2cc(Cl)cc3cccnc23)ccc1OCc1ccncc1. The molecular weight excluding hydrogens is 414 g/mol. The van der Waals surface area contributed by atoms with Crippen molar-refractivity contribution in [3.63, 3.8) is 0 Å². The number of aromatic nitrogens is 2. The van der Waals surface area contributed by atoms with Crippen molar-refractivity contribution < 1.29 is 14.3 Å². The standard InChI is InChI=1S/C24H20ClN3O3/c1-30-22-11-17(4-5-21(22)31-15-16-6-9-26-10-7-16)14-28-24(29)20-13-19(25)12-18-3-2-8-27-23(18)20/h2-13H,14-15H2,1H3,(H,28,29). The summed E-state index contributed by atoms with van der Waals surface area (Å²) >= 11 is 6.17. The number of nitrogens with one attached hydrogen (secondary N) is 1. The zero-order valence-electron chi connectivity index (χ0n) is 16.8. The number of pyridine rings is 2. The number of benzene rings is 2. The molecule has 1 N–H and O–H groups in total. The van der Waals surface area contributed by atoms with Crippen LogP contribution in [0.15, 0.2) is 73.2 Å². The summed E-state index contributed by atoms with van der Waals surface area (Å²) in [7, 11) is 1.58. The quantitative estimate of drug-likeness (QED) is 0.453. The fourth-order valence-electron chi connectivity index (χ4n) is 3.19. The van der Waals surface area contributed by atoms with Crippen LogP contribution in [-0.4, -0.2) is 23.0 Å². The topological polar surface area (TPSA) is 73.3 Å². The van der Waals surface area contributed by atoms with Crippen LogP contribution in [0, 0.1) is 0 Å². The second-order valence-corrected chi connectivity index (χ2v) is 7.28. The molecule has 6 nitrogen and oxygen atoms in total. The Morgan fingerprint density at radius 1 is 1.00 bits per heavy atom. The number of methoxy groups -OCH3 is 1. The van der Waals surface area contributed by atoms with Gasteiger partial charge in [-0.1, -0.05) is 23.7 Å². The minimum absolute atomic E-state index is 0.247. The van der Waals surface area contributed by atoms with Crippen molar-refractivity contribution in [3.8, 4) is 11.5 Å². The highest BCUT2D eigenvalue weighted by atomic mass is 35.5. The molecule has 0 aliphatic heterocycles. The van der Waals surface area contributed by atoms with Crippen LogP contribution in [0.4, 0.5) is 0 Å². The predicted molar refractivity (Wildman–Crippen MR) is 119 cm³/mol. The molecule has 0 aliphatic carbocycles. The van der Waals surface area contributed by atoms with E-state index in [1.165, 1.54) is 0 Å². The zero-order valence-corrected chi connectivity index (χ0v) is 17.6. The maximum absolute atomic E-state index is 12.8. The highest BCUT2D eigenvalue weighted by Gasteiger charge is 2.13. The Balaban J connectivity index is 1.46. The molecule has 0 aliphatic rings. The highest BCUT2D eigenvalue weighted by molar-refractivity contribution is 6.32. The van der Waals surface area contributed by atoms with E-state index in [1.54, 1.807) is 37.8 Å². The molecule has 0 spiro atoms. The number of halogens is 1. The van der Waals surface area contributed by atoms with E-state index in [0.29, 0.717) is 40.8 Å². The maximum atomic E-state index is 12.8. The first kappa shape index (κ1) is 20.6. The number of fused-ring (bicyclic) bond motifs is 1. The molecule has 31 heavy (non-hydrogen) atoms. The second kappa shape index (κ2) is 9.45. The number of nitrogens with zero attached hydrogens (tertiary/aromatic N) is 2. The first-order valence-corrected chi connectivity index (χ1v) is 10.0. The van der Waals surface area contributed by atoms with E-state index in [1.807, 2.05) is 42.5 Å². The molecule has 2 aromatic heterocycles. The van der Waals surface area contributed by atoms with Crippen LogP contribution in [0.2, 0.25) is 5.02 Å². The molecule has 0 radical (unpaired) electrons. The lowest BCUT2D eigenvalue weighted by molar-refractivity contribution is 0.0952. The summed E-state index contributed by atoms with van der Waals surface area (Å²) in [6.07, 6.45) is 5.10. The fraction of sp³-hybridized carbons (Fsp3) is 0.125. The Labute approximate surface area is 184 Å². The average Bonchev–Trinajstić information content (AvgIpc) is 2.81. The van der Waals surface area contributed by atoms with Gasteiger partial charge in [-0.05, 0) is 53.6 Å². The summed E-state index contributed by atoms with van der Waals surface area (Å²) in [5.41, 5.74) is 2.94. The van der Waals surface area contributed by atoms with Gasteiger partial charge in [0.2, 0.25) is 0 Å². The monoisotopic (exact) mass is 433 g/mol. The first-order valence-electron chi connectivity index (χ1n) is 9.65. The molecule has 4 aromatic rings. The summed E-state index contributed by atoms with van der Waals surface area (Å²) in [6, 6.07) is 16.5. The van der Waals surface area contributed by atoms with Gasteiger partial charge in [-0.3, -0.25) is 14.8 Å². The van der Waals surface area contributed by atoms with Crippen molar-refractivity contribution in [2.24, 2.45) is 0 Å². The van der Waals surface area contributed by atoms with Crippen molar-refractivity contribution >= 4 is 28.4 Å². The van der Waals surface area contributed by atoms with Crippen LogP contribution in [0.5, 0.6) is 11.5 Å². The van der Waals surface area contributed by atoms with Gasteiger partial charge in [-0.15, -0.1) is 0 Å². The van der Waals surface area contributed by atoms with Crippen molar-refractivity contribution in [3.05, 3.63) is 94.9 Å². The number of carbonyl (C=O) groups is 1. The van der Waals surface area contributed by atoms with Crippen LogP contribution in [0.3, 0.4) is 0 Å². The van der Waals surface area contributed by atoms with Gasteiger partial charge in [0.15, 0.2) is 11.5 Å². The zero-order chi connectivity index (χ0) is 21.6. The van der Waals surface area contributed by atoms with Gasteiger partial charge in [0.25, 0.3) is 5.91 Å². The Kier molecular flexibility index (Phi) is 6.29. The van der Waals surface area contributed by atoms with Crippen LogP contribution < -0.4 is 14.8 Å². The van der Waals surface area contributed by atoms with Gasteiger partial charge in [0.1, 0.15) is 6.61 Å². The molecule has 156 valence electrons. The number of rotatable bonds is 7. The van der Waals surface area contributed by atoms with E-state index in [2.05, 4.69) is 15.3 Å². The fourth-order valence-corrected chi connectivity index (χ4v) is 3.41. The molecular formula is C24H20ClN3O3. The molecule has 0 unspecified atom stereocenters. The summed E-state index contributed by atoms with van der Waals surface area (Å²) in [4.78, 5) is 21.1. The van der Waals surface area contributed by atoms with Crippen LogP contribution in [-0.2, 0) is 13.2 Å². The van der Waals surface area contributed by atoms with Crippen LogP contribution in [0.25, 0.3) is 10.9 Å². The Bertz CT molecular complexity index is 1220. The lowest BCUT2D eigenvalue weighted by Crippen LogP contribution is -2.23.